The SMILES string of the molecule is CCCC1CCC(c2nc3ccc(-c4ccc5cc(-c6ccc7nc(C8CCCN8C(=O)C(CCC(=O)OC)C(C)C)[nH]c7c6)ccc5c4)cc3[nH]2)N1C(=O)CNC(=O)OC. The predicted molar refractivity (Wildman–Crippen MR) is 235 cm³/mol. The number of ether oxygens (including phenoxy) is 2. The molecular formula is C48H55N7O6. The van der Waals surface area contributed by atoms with E-state index in [0.717, 1.165) is 105 Å². The van der Waals surface area contributed by atoms with Crippen molar-refractivity contribution in [3.63, 3.8) is 0 Å². The number of likely N-dealkylation sites (tertiary alicyclic amines) is 2. The maximum Gasteiger partial charge on any atom is 0.407 e. The monoisotopic (exact) mass is 825 g/mol. The number of nitrogens with one attached hydrogen (secondary N) is 3. The van der Waals surface area contributed by atoms with Gasteiger partial charge in [0.05, 0.1) is 48.4 Å². The van der Waals surface area contributed by atoms with Gasteiger partial charge in [-0.05, 0) is 114 Å². The van der Waals surface area contributed by atoms with Gasteiger partial charge in [-0.3, -0.25) is 14.4 Å². The molecule has 0 saturated carbocycles. The molecule has 61 heavy (non-hydrogen) atoms. The number of benzene rings is 4. The number of alkyl carbamates (subject to hydrolysis) is 1. The highest BCUT2D eigenvalue weighted by atomic mass is 16.5. The standard InChI is InChI=1S/C48H55N7O6/c1-6-8-35-16-20-42(55(35)43(56)27-49-48(59)61-5)46-51-38-19-15-34(26-40(38)53-46)32-13-11-29-23-31(12-10-30(29)24-32)33-14-18-37-39(25-33)52-45(50-37)41-9-7-22-54(41)47(58)36(28(2)3)17-21-44(57)60-4/h10-15,18-19,23-26,28,35-36,41-42H,6-9,16-17,20-22,27H2,1-5H3,(H,49,59)(H,50,52)(H,51,53). The average Bonchev–Trinajstić information content (AvgIpc) is 4.10. The molecule has 2 fully saturated rings. The number of nitrogens with zero attached hydrogens (tertiary/aromatic N) is 4. The Balaban J connectivity index is 0.989. The highest BCUT2D eigenvalue weighted by molar-refractivity contribution is 5.93. The summed E-state index contributed by atoms with van der Waals surface area (Å²) in [5.41, 5.74) is 7.83. The quantitative estimate of drug-likeness (QED) is 0.0972. The number of hydrogen-bond acceptors (Lipinski definition) is 8. The fourth-order valence-electron chi connectivity index (χ4n) is 9.44. The van der Waals surface area contributed by atoms with E-state index in [1.807, 2.05) is 35.8 Å². The van der Waals surface area contributed by atoms with E-state index in [-0.39, 0.29) is 60.7 Å². The third kappa shape index (κ3) is 8.55. The minimum Gasteiger partial charge on any atom is -0.469 e. The molecule has 2 aliphatic rings. The number of carbonyl (C=O) groups is 4. The predicted octanol–water partition coefficient (Wildman–Crippen LogP) is 9.00. The Labute approximate surface area is 355 Å². The van der Waals surface area contributed by atoms with Gasteiger partial charge in [0.25, 0.3) is 0 Å². The minimum absolute atomic E-state index is 0.0763. The van der Waals surface area contributed by atoms with E-state index in [1.165, 1.54) is 14.2 Å². The summed E-state index contributed by atoms with van der Waals surface area (Å²) < 4.78 is 9.52. The van der Waals surface area contributed by atoms with E-state index < -0.39 is 6.09 Å². The summed E-state index contributed by atoms with van der Waals surface area (Å²) in [4.78, 5) is 71.6. The Hall–Kier alpha value is -6.24. The van der Waals surface area contributed by atoms with Crippen LogP contribution in [0.25, 0.3) is 55.1 Å². The molecule has 13 nitrogen and oxygen atoms in total. The average molecular weight is 826 g/mol. The summed E-state index contributed by atoms with van der Waals surface area (Å²) in [7, 11) is 2.67. The van der Waals surface area contributed by atoms with Crippen molar-refractivity contribution in [1.82, 2.24) is 35.1 Å². The van der Waals surface area contributed by atoms with E-state index in [0.29, 0.717) is 13.0 Å². The van der Waals surface area contributed by atoms with Gasteiger partial charge in [0, 0.05) is 24.9 Å². The van der Waals surface area contributed by atoms with Crippen molar-refractivity contribution in [3.05, 3.63) is 84.4 Å². The van der Waals surface area contributed by atoms with Gasteiger partial charge < -0.3 is 34.6 Å². The first-order chi connectivity index (χ1) is 29.5. The molecule has 4 atom stereocenters. The van der Waals surface area contributed by atoms with Crippen LogP contribution in [-0.2, 0) is 23.9 Å². The molecule has 2 saturated heterocycles. The number of methoxy groups -OCH3 is 2. The van der Waals surface area contributed by atoms with Crippen LogP contribution in [0.4, 0.5) is 4.79 Å². The molecule has 0 radical (unpaired) electrons. The fourth-order valence-corrected chi connectivity index (χ4v) is 9.44. The topological polar surface area (TPSA) is 163 Å². The Bertz CT molecular complexity index is 2600. The van der Waals surface area contributed by atoms with Crippen molar-refractivity contribution in [2.24, 2.45) is 11.8 Å². The van der Waals surface area contributed by atoms with Gasteiger partial charge in [-0.25, -0.2) is 14.8 Å². The number of hydrogen-bond donors (Lipinski definition) is 3. The number of fused-ring (bicyclic) bond motifs is 3. The molecule has 4 aromatic carbocycles. The zero-order valence-corrected chi connectivity index (χ0v) is 35.6. The van der Waals surface area contributed by atoms with Crippen LogP contribution < -0.4 is 5.32 Å². The number of aromatic nitrogens is 4. The summed E-state index contributed by atoms with van der Waals surface area (Å²) in [6.45, 7) is 6.74. The molecule has 4 heterocycles. The van der Waals surface area contributed by atoms with Crippen LogP contribution in [0.15, 0.2) is 72.8 Å². The first-order valence-electron chi connectivity index (χ1n) is 21.6. The lowest BCUT2D eigenvalue weighted by Gasteiger charge is -2.29. The third-order valence-corrected chi connectivity index (χ3v) is 12.7. The summed E-state index contributed by atoms with van der Waals surface area (Å²) in [5.74, 6) is 1.03. The smallest absolute Gasteiger partial charge is 0.407 e. The number of esters is 1. The van der Waals surface area contributed by atoms with Crippen LogP contribution in [0.2, 0.25) is 0 Å². The fraction of sp³-hybridized carbons (Fsp3) is 0.417. The van der Waals surface area contributed by atoms with Crippen LogP contribution in [0.1, 0.15) is 95.9 Å². The second kappa shape index (κ2) is 17.8. The molecule has 0 aliphatic carbocycles. The Morgan fingerprint density at radius 1 is 0.770 bits per heavy atom. The van der Waals surface area contributed by atoms with Crippen molar-refractivity contribution in [2.75, 3.05) is 27.3 Å². The lowest BCUT2D eigenvalue weighted by molar-refractivity contribution is -0.142. The van der Waals surface area contributed by atoms with Gasteiger partial charge >= 0.3 is 12.1 Å². The van der Waals surface area contributed by atoms with Gasteiger partial charge in [0.15, 0.2) is 0 Å². The maximum atomic E-state index is 13.8. The van der Waals surface area contributed by atoms with Crippen LogP contribution in [-0.4, -0.2) is 87.0 Å². The summed E-state index contributed by atoms with van der Waals surface area (Å²) in [5, 5.41) is 4.79. The molecule has 3 N–H and O–H groups in total. The summed E-state index contributed by atoms with van der Waals surface area (Å²) in [6, 6.07) is 25.3. The number of H-pyrrole nitrogens is 2. The number of imidazole rings is 2. The molecule has 6 aromatic rings. The molecule has 3 amide bonds. The van der Waals surface area contributed by atoms with Gasteiger partial charge in [-0.2, -0.15) is 0 Å². The lowest BCUT2D eigenvalue weighted by atomic mass is 9.89. The van der Waals surface area contributed by atoms with Crippen molar-refractivity contribution >= 4 is 56.7 Å². The van der Waals surface area contributed by atoms with Crippen LogP contribution in [0.3, 0.4) is 0 Å². The van der Waals surface area contributed by atoms with E-state index in [2.05, 4.69) is 87.6 Å². The molecule has 318 valence electrons. The lowest BCUT2D eigenvalue weighted by Crippen LogP contribution is -2.43. The molecule has 8 rings (SSSR count). The van der Waals surface area contributed by atoms with Crippen LogP contribution in [0.5, 0.6) is 0 Å². The van der Waals surface area contributed by atoms with Gasteiger partial charge in [-0.15, -0.1) is 0 Å². The number of carbonyl (C=O) groups excluding carboxylic acids is 4. The maximum absolute atomic E-state index is 13.8. The van der Waals surface area contributed by atoms with Gasteiger partial charge in [0.1, 0.15) is 18.2 Å². The Morgan fingerprint density at radius 2 is 1.36 bits per heavy atom. The van der Waals surface area contributed by atoms with Gasteiger partial charge in [0.2, 0.25) is 11.8 Å². The van der Waals surface area contributed by atoms with Gasteiger partial charge in [-0.1, -0.05) is 63.6 Å². The van der Waals surface area contributed by atoms with Crippen LogP contribution in [0, 0.1) is 11.8 Å². The number of amides is 3. The Morgan fingerprint density at radius 3 is 1.93 bits per heavy atom. The minimum atomic E-state index is -0.626. The molecule has 2 aromatic heterocycles. The van der Waals surface area contributed by atoms with E-state index in [1.54, 1.807) is 0 Å². The molecule has 0 bridgehead atoms. The highest BCUT2D eigenvalue weighted by Crippen LogP contribution is 2.39. The van der Waals surface area contributed by atoms with Crippen molar-refractivity contribution in [3.8, 4) is 22.3 Å². The largest absolute Gasteiger partial charge is 0.469 e. The van der Waals surface area contributed by atoms with E-state index >= 15 is 0 Å². The Kier molecular flexibility index (Phi) is 12.1. The van der Waals surface area contributed by atoms with Crippen LogP contribution >= 0.6 is 0 Å². The van der Waals surface area contributed by atoms with Crippen molar-refractivity contribution < 1.29 is 28.7 Å². The molecule has 4 unspecified atom stereocenters. The zero-order chi connectivity index (χ0) is 42.8. The molecular weight excluding hydrogens is 771 g/mol. The van der Waals surface area contributed by atoms with Crippen molar-refractivity contribution in [2.45, 2.75) is 90.3 Å². The van der Waals surface area contributed by atoms with Crippen molar-refractivity contribution in [1.29, 1.82) is 0 Å². The zero-order valence-electron chi connectivity index (χ0n) is 35.6. The first-order valence-corrected chi connectivity index (χ1v) is 21.6. The van der Waals surface area contributed by atoms with E-state index in [4.69, 9.17) is 14.7 Å². The van der Waals surface area contributed by atoms with E-state index in [9.17, 15) is 19.2 Å². The summed E-state index contributed by atoms with van der Waals surface area (Å²) in [6.07, 6.45) is 5.33. The second-order valence-electron chi connectivity index (χ2n) is 16.8. The number of aromatic amines is 2. The number of rotatable bonds is 13. The molecule has 2 aliphatic heterocycles. The second-order valence-corrected chi connectivity index (χ2v) is 16.8. The molecule has 13 heteroatoms. The molecule has 0 spiro atoms. The third-order valence-electron chi connectivity index (χ3n) is 12.7. The first kappa shape index (κ1) is 41.5. The summed E-state index contributed by atoms with van der Waals surface area (Å²) >= 11 is 0. The normalized spacial score (nSPS) is 18.4. The highest BCUT2D eigenvalue weighted by Gasteiger charge is 2.39.